The minimum absolute atomic E-state index is 0.458. The van der Waals surface area contributed by atoms with Crippen molar-refractivity contribution in [3.8, 4) is 0 Å². The molecule has 2 heteroatoms. The van der Waals surface area contributed by atoms with Crippen LogP contribution in [0.5, 0.6) is 0 Å². The van der Waals surface area contributed by atoms with Gasteiger partial charge in [0.05, 0.1) is 0 Å². The van der Waals surface area contributed by atoms with Gasteiger partial charge >= 0.3 is 0 Å². The Bertz CT molecular complexity index is 370. The Labute approximate surface area is 152 Å². The van der Waals surface area contributed by atoms with Crippen LogP contribution in [-0.4, -0.2) is 36.1 Å². The first-order valence-electron chi connectivity index (χ1n) is 10.8. The van der Waals surface area contributed by atoms with Crippen LogP contribution >= 0.6 is 0 Å². The minimum atomic E-state index is 0.458. The van der Waals surface area contributed by atoms with Crippen LogP contribution in [0, 0.1) is 23.2 Å². The predicted molar refractivity (Wildman–Crippen MR) is 106 cm³/mol. The van der Waals surface area contributed by atoms with Crippen molar-refractivity contribution in [3.63, 3.8) is 0 Å². The first kappa shape index (κ1) is 20.2. The lowest BCUT2D eigenvalue weighted by Crippen LogP contribution is -2.58. The Balaban J connectivity index is 1.99. The first-order valence-corrected chi connectivity index (χ1v) is 10.8. The van der Waals surface area contributed by atoms with Gasteiger partial charge in [0.25, 0.3) is 0 Å². The molecule has 1 saturated heterocycles. The second-order valence-corrected chi connectivity index (χ2v) is 9.86. The summed E-state index contributed by atoms with van der Waals surface area (Å²) in [5.74, 6) is 2.49. The number of likely N-dealkylation sites (tertiary alicyclic amines) is 1. The van der Waals surface area contributed by atoms with Crippen molar-refractivity contribution in [1.82, 2.24) is 10.2 Å². The van der Waals surface area contributed by atoms with Gasteiger partial charge < -0.3 is 5.32 Å². The Morgan fingerprint density at radius 3 is 2.17 bits per heavy atom. The van der Waals surface area contributed by atoms with Crippen LogP contribution in [0.2, 0.25) is 0 Å². The maximum absolute atomic E-state index is 4.07. The SMILES string of the molecule is CCC1CCN([C@H](C)[C@H](NC(C)C2CCCC2)C(C)C)CC1(C)C. The van der Waals surface area contributed by atoms with Gasteiger partial charge in [0.15, 0.2) is 0 Å². The Morgan fingerprint density at radius 1 is 1.04 bits per heavy atom. The molecule has 1 saturated carbocycles. The largest absolute Gasteiger partial charge is 0.309 e. The van der Waals surface area contributed by atoms with Crippen LogP contribution in [0.25, 0.3) is 0 Å². The highest BCUT2D eigenvalue weighted by Gasteiger charge is 2.38. The second kappa shape index (κ2) is 8.54. The zero-order valence-electron chi connectivity index (χ0n) is 17.6. The van der Waals surface area contributed by atoms with Gasteiger partial charge in [0.2, 0.25) is 0 Å². The predicted octanol–water partition coefficient (Wildman–Crippen LogP) is 5.33. The fraction of sp³-hybridized carbons (Fsp3) is 1.00. The molecule has 2 unspecified atom stereocenters. The summed E-state index contributed by atoms with van der Waals surface area (Å²) in [5.41, 5.74) is 0.458. The first-order chi connectivity index (χ1) is 11.3. The van der Waals surface area contributed by atoms with E-state index in [9.17, 15) is 0 Å². The molecule has 1 N–H and O–H groups in total. The lowest BCUT2D eigenvalue weighted by atomic mass is 9.72. The summed E-state index contributed by atoms with van der Waals surface area (Å²) in [5, 5.41) is 4.07. The van der Waals surface area contributed by atoms with Crippen LogP contribution in [0.3, 0.4) is 0 Å². The van der Waals surface area contributed by atoms with Crippen LogP contribution in [0.15, 0.2) is 0 Å². The van der Waals surface area contributed by atoms with E-state index < -0.39 is 0 Å². The molecule has 1 aliphatic carbocycles. The van der Waals surface area contributed by atoms with Gasteiger partial charge in [-0.05, 0) is 62.8 Å². The zero-order chi connectivity index (χ0) is 17.9. The zero-order valence-corrected chi connectivity index (χ0v) is 17.6. The molecule has 0 aromatic rings. The van der Waals surface area contributed by atoms with E-state index in [0.717, 1.165) is 11.8 Å². The third-order valence-electron chi connectivity index (χ3n) is 7.35. The van der Waals surface area contributed by atoms with Crippen molar-refractivity contribution in [2.24, 2.45) is 23.2 Å². The third-order valence-corrected chi connectivity index (χ3v) is 7.35. The van der Waals surface area contributed by atoms with Crippen LogP contribution in [0.4, 0.5) is 0 Å². The van der Waals surface area contributed by atoms with Gasteiger partial charge in [0, 0.05) is 24.7 Å². The Kier molecular flexibility index (Phi) is 7.20. The van der Waals surface area contributed by atoms with Crippen LogP contribution in [0.1, 0.15) is 87.0 Å². The molecule has 1 heterocycles. The average molecular weight is 337 g/mol. The molecule has 0 aromatic heterocycles. The fourth-order valence-electron chi connectivity index (χ4n) is 5.56. The quantitative estimate of drug-likeness (QED) is 0.676. The summed E-state index contributed by atoms with van der Waals surface area (Å²) in [6.45, 7) is 19.6. The number of nitrogens with one attached hydrogen (secondary N) is 1. The van der Waals surface area contributed by atoms with Gasteiger partial charge in [-0.2, -0.15) is 0 Å². The fourth-order valence-corrected chi connectivity index (χ4v) is 5.56. The van der Waals surface area contributed by atoms with E-state index in [0.29, 0.717) is 29.5 Å². The lowest BCUT2D eigenvalue weighted by molar-refractivity contribution is 0.0130. The molecule has 1 aliphatic heterocycles. The Hall–Kier alpha value is -0.0800. The van der Waals surface area contributed by atoms with E-state index in [1.807, 2.05) is 0 Å². The van der Waals surface area contributed by atoms with Crippen molar-refractivity contribution in [2.45, 2.75) is 105 Å². The molecule has 24 heavy (non-hydrogen) atoms. The monoisotopic (exact) mass is 336 g/mol. The standard InChI is InChI=1S/C22H44N2/c1-8-20-13-14-24(15-22(20,6)7)18(5)21(16(2)3)23-17(4)19-11-9-10-12-19/h16-21,23H,8-15H2,1-7H3/t17?,18-,20?,21-/m1/s1. The molecule has 2 aliphatic rings. The molecule has 0 amide bonds. The molecule has 142 valence electrons. The second-order valence-electron chi connectivity index (χ2n) is 9.86. The van der Waals surface area contributed by atoms with Gasteiger partial charge in [0.1, 0.15) is 0 Å². The number of hydrogen-bond acceptors (Lipinski definition) is 2. The van der Waals surface area contributed by atoms with Gasteiger partial charge in [-0.15, -0.1) is 0 Å². The molecule has 0 radical (unpaired) electrons. The molecular formula is C22H44N2. The van der Waals surface area contributed by atoms with Gasteiger partial charge in [-0.3, -0.25) is 4.90 Å². The van der Waals surface area contributed by atoms with Crippen molar-refractivity contribution >= 4 is 0 Å². The summed E-state index contributed by atoms with van der Waals surface area (Å²) < 4.78 is 0. The summed E-state index contributed by atoms with van der Waals surface area (Å²) in [6, 6.07) is 1.91. The molecule has 2 nitrogen and oxygen atoms in total. The van der Waals surface area contributed by atoms with E-state index in [1.54, 1.807) is 0 Å². The van der Waals surface area contributed by atoms with Crippen molar-refractivity contribution in [1.29, 1.82) is 0 Å². The Morgan fingerprint density at radius 2 is 1.67 bits per heavy atom. The van der Waals surface area contributed by atoms with Crippen LogP contribution in [-0.2, 0) is 0 Å². The number of hydrogen-bond donors (Lipinski definition) is 1. The molecule has 4 atom stereocenters. The van der Waals surface area contributed by atoms with E-state index >= 15 is 0 Å². The highest BCUT2D eigenvalue weighted by molar-refractivity contribution is 4.93. The summed E-state index contributed by atoms with van der Waals surface area (Å²) >= 11 is 0. The topological polar surface area (TPSA) is 15.3 Å². The summed E-state index contributed by atoms with van der Waals surface area (Å²) in [4.78, 5) is 2.78. The van der Waals surface area contributed by atoms with Crippen LogP contribution < -0.4 is 5.32 Å². The van der Waals surface area contributed by atoms with E-state index in [2.05, 4.69) is 58.7 Å². The highest BCUT2D eigenvalue weighted by atomic mass is 15.2. The van der Waals surface area contributed by atoms with Gasteiger partial charge in [-0.25, -0.2) is 0 Å². The van der Waals surface area contributed by atoms with Crippen molar-refractivity contribution in [2.75, 3.05) is 13.1 Å². The van der Waals surface area contributed by atoms with Crippen molar-refractivity contribution in [3.05, 3.63) is 0 Å². The molecule has 0 aromatic carbocycles. The number of rotatable bonds is 7. The molecule has 2 rings (SSSR count). The maximum Gasteiger partial charge on any atom is 0.0246 e. The molecule has 0 spiro atoms. The summed E-state index contributed by atoms with van der Waals surface area (Å²) in [7, 11) is 0. The number of piperidine rings is 1. The summed E-state index contributed by atoms with van der Waals surface area (Å²) in [6.07, 6.45) is 8.45. The van der Waals surface area contributed by atoms with Gasteiger partial charge in [-0.1, -0.05) is 53.9 Å². The van der Waals surface area contributed by atoms with Crippen molar-refractivity contribution < 1.29 is 0 Å². The number of nitrogens with zero attached hydrogens (tertiary/aromatic N) is 1. The van der Waals surface area contributed by atoms with E-state index in [4.69, 9.17) is 0 Å². The minimum Gasteiger partial charge on any atom is -0.309 e. The smallest absolute Gasteiger partial charge is 0.0246 e. The molecular weight excluding hydrogens is 292 g/mol. The molecule has 0 bridgehead atoms. The maximum atomic E-state index is 4.07. The van der Waals surface area contributed by atoms with E-state index in [-0.39, 0.29) is 0 Å². The average Bonchev–Trinajstić information content (AvgIpc) is 3.05. The van der Waals surface area contributed by atoms with E-state index in [1.165, 1.54) is 51.6 Å². The lowest BCUT2D eigenvalue weighted by Gasteiger charge is -2.49. The third kappa shape index (κ3) is 4.75. The molecule has 2 fully saturated rings. The normalized spacial score (nSPS) is 29.8. The highest BCUT2D eigenvalue weighted by Crippen LogP contribution is 2.38.